The van der Waals surface area contributed by atoms with Crippen molar-refractivity contribution in [3.8, 4) is 11.3 Å². The predicted octanol–water partition coefficient (Wildman–Crippen LogP) is 4.78. The summed E-state index contributed by atoms with van der Waals surface area (Å²) in [6.45, 7) is 0.721. The third kappa shape index (κ3) is 4.33. The minimum atomic E-state index is -0.229. The molecule has 2 heterocycles. The zero-order valence-corrected chi connectivity index (χ0v) is 17.5. The van der Waals surface area contributed by atoms with Crippen LogP contribution in [0.3, 0.4) is 0 Å². The third-order valence-electron chi connectivity index (χ3n) is 4.83. The maximum absolute atomic E-state index is 12.2. The first-order valence-electron chi connectivity index (χ1n) is 9.43. The molecule has 30 heavy (non-hydrogen) atoms. The molecular formula is C23H19Cl2N3O2. The number of pyridine rings is 1. The van der Waals surface area contributed by atoms with E-state index in [2.05, 4.69) is 14.9 Å². The van der Waals surface area contributed by atoms with E-state index < -0.39 is 0 Å². The first-order chi connectivity index (χ1) is 14.5. The van der Waals surface area contributed by atoms with Gasteiger partial charge >= 0.3 is 0 Å². The number of halogens is 2. The molecule has 7 heteroatoms. The van der Waals surface area contributed by atoms with E-state index in [1.807, 2.05) is 48.8 Å². The lowest BCUT2D eigenvalue weighted by atomic mass is 10.1. The molecule has 5 nitrogen and oxygen atoms in total. The van der Waals surface area contributed by atoms with Crippen LogP contribution in [-0.2, 0) is 6.54 Å². The summed E-state index contributed by atoms with van der Waals surface area (Å²) in [6.07, 6.45) is 3.82. The number of aromatic nitrogens is 2. The number of nitrogens with one attached hydrogen (secondary N) is 1. The Morgan fingerprint density at radius 2 is 1.97 bits per heavy atom. The van der Waals surface area contributed by atoms with Gasteiger partial charge in [-0.15, -0.1) is 0 Å². The topological polar surface area (TPSA) is 67.2 Å². The number of carbonyl (C=O) groups is 1. The van der Waals surface area contributed by atoms with Gasteiger partial charge in [0, 0.05) is 52.0 Å². The molecule has 4 rings (SSSR count). The molecule has 0 bridgehead atoms. The second-order valence-electron chi connectivity index (χ2n) is 6.87. The Morgan fingerprint density at radius 1 is 1.10 bits per heavy atom. The number of hydrogen-bond donors (Lipinski definition) is 2. The minimum Gasteiger partial charge on any atom is -0.395 e. The van der Waals surface area contributed by atoms with Crippen LogP contribution in [0.2, 0.25) is 10.0 Å². The second-order valence-corrected chi connectivity index (χ2v) is 7.71. The number of carbonyl (C=O) groups excluding carboxylic acids is 1. The Labute approximate surface area is 183 Å². The normalized spacial score (nSPS) is 11.0. The molecular weight excluding hydrogens is 421 g/mol. The molecule has 0 radical (unpaired) electrons. The Morgan fingerprint density at radius 3 is 2.77 bits per heavy atom. The van der Waals surface area contributed by atoms with Crippen LogP contribution in [0.4, 0.5) is 0 Å². The fourth-order valence-corrected chi connectivity index (χ4v) is 3.77. The number of aliphatic hydroxyl groups excluding tert-OH is 1. The lowest BCUT2D eigenvalue weighted by Gasteiger charge is -2.10. The summed E-state index contributed by atoms with van der Waals surface area (Å²) in [5, 5.41) is 13.8. The van der Waals surface area contributed by atoms with E-state index in [1.165, 1.54) is 0 Å². The first kappa shape index (κ1) is 20.4. The quantitative estimate of drug-likeness (QED) is 0.454. The summed E-state index contributed by atoms with van der Waals surface area (Å²) in [6, 6.07) is 16.8. The number of amides is 1. The fourth-order valence-electron chi connectivity index (χ4n) is 3.30. The SMILES string of the molecule is O=C(NCCO)c1cccc(-c2cc3c(ccn3Cc3ccc(Cl)cc3Cl)cn2)c1. The van der Waals surface area contributed by atoms with Gasteiger partial charge < -0.3 is 15.0 Å². The highest BCUT2D eigenvalue weighted by atomic mass is 35.5. The van der Waals surface area contributed by atoms with Crippen molar-refractivity contribution in [1.29, 1.82) is 0 Å². The van der Waals surface area contributed by atoms with E-state index in [4.69, 9.17) is 28.3 Å². The van der Waals surface area contributed by atoms with E-state index in [-0.39, 0.29) is 19.1 Å². The number of nitrogens with zero attached hydrogens (tertiary/aromatic N) is 2. The highest BCUT2D eigenvalue weighted by Crippen LogP contribution is 2.26. The summed E-state index contributed by atoms with van der Waals surface area (Å²) in [7, 11) is 0. The molecule has 0 fully saturated rings. The maximum atomic E-state index is 12.2. The van der Waals surface area contributed by atoms with E-state index >= 15 is 0 Å². The van der Waals surface area contributed by atoms with Crippen LogP contribution in [0.15, 0.2) is 67.0 Å². The van der Waals surface area contributed by atoms with Gasteiger partial charge in [0.15, 0.2) is 0 Å². The summed E-state index contributed by atoms with van der Waals surface area (Å²) in [5.74, 6) is -0.229. The molecule has 0 saturated carbocycles. The van der Waals surface area contributed by atoms with Crippen molar-refractivity contribution >= 4 is 40.0 Å². The summed E-state index contributed by atoms with van der Waals surface area (Å²) >= 11 is 12.3. The van der Waals surface area contributed by atoms with Crippen LogP contribution in [0.5, 0.6) is 0 Å². The molecule has 2 N–H and O–H groups in total. The van der Waals surface area contributed by atoms with Crippen LogP contribution in [0, 0.1) is 0 Å². The van der Waals surface area contributed by atoms with E-state index in [1.54, 1.807) is 18.2 Å². The van der Waals surface area contributed by atoms with Gasteiger partial charge in [-0.3, -0.25) is 9.78 Å². The van der Waals surface area contributed by atoms with Gasteiger partial charge in [-0.05, 0) is 42.0 Å². The zero-order valence-electron chi connectivity index (χ0n) is 16.0. The largest absolute Gasteiger partial charge is 0.395 e. The van der Waals surface area contributed by atoms with Crippen LogP contribution in [0.25, 0.3) is 22.2 Å². The van der Waals surface area contributed by atoms with E-state index in [0.717, 1.165) is 27.7 Å². The number of aliphatic hydroxyl groups is 1. The monoisotopic (exact) mass is 439 g/mol. The first-order valence-corrected chi connectivity index (χ1v) is 10.2. The summed E-state index contributed by atoms with van der Waals surface area (Å²) in [5.41, 5.74) is 4.11. The van der Waals surface area contributed by atoms with Gasteiger partial charge in [0.05, 0.1) is 17.8 Å². The van der Waals surface area contributed by atoms with E-state index in [0.29, 0.717) is 22.2 Å². The Bertz CT molecular complexity index is 1220. The molecule has 152 valence electrons. The third-order valence-corrected chi connectivity index (χ3v) is 5.42. The van der Waals surface area contributed by atoms with Gasteiger partial charge in [0.2, 0.25) is 0 Å². The molecule has 2 aromatic heterocycles. The second kappa shape index (κ2) is 8.88. The Kier molecular flexibility index (Phi) is 6.04. The summed E-state index contributed by atoms with van der Waals surface area (Å²) < 4.78 is 2.10. The lowest BCUT2D eigenvalue weighted by Crippen LogP contribution is -2.26. The average Bonchev–Trinajstić information content (AvgIpc) is 3.16. The standard InChI is InChI=1S/C23H19Cl2N3O2/c24-19-5-4-18(20(25)11-19)14-28-8-6-17-13-27-21(12-22(17)28)15-2-1-3-16(10-15)23(30)26-7-9-29/h1-6,8,10-13,29H,7,9,14H2,(H,26,30). The molecule has 1 amide bonds. The van der Waals surface area contributed by atoms with Gasteiger partial charge in [0.25, 0.3) is 5.91 Å². The average molecular weight is 440 g/mol. The Hall–Kier alpha value is -2.86. The summed E-state index contributed by atoms with van der Waals surface area (Å²) in [4.78, 5) is 16.8. The van der Waals surface area contributed by atoms with Crippen molar-refractivity contribution in [3.63, 3.8) is 0 Å². The van der Waals surface area contributed by atoms with Gasteiger partial charge in [-0.2, -0.15) is 0 Å². The van der Waals surface area contributed by atoms with Crippen molar-refractivity contribution in [3.05, 3.63) is 88.2 Å². The highest BCUT2D eigenvalue weighted by Gasteiger charge is 2.10. The smallest absolute Gasteiger partial charge is 0.251 e. The van der Waals surface area contributed by atoms with Gasteiger partial charge in [-0.25, -0.2) is 0 Å². The van der Waals surface area contributed by atoms with Gasteiger partial charge in [0.1, 0.15) is 0 Å². The molecule has 4 aromatic rings. The van der Waals surface area contributed by atoms with Crippen molar-refractivity contribution in [1.82, 2.24) is 14.9 Å². The molecule has 0 saturated heterocycles. The lowest BCUT2D eigenvalue weighted by molar-refractivity contribution is 0.0945. The minimum absolute atomic E-state index is 0.0989. The predicted molar refractivity (Wildman–Crippen MR) is 120 cm³/mol. The molecule has 0 atom stereocenters. The van der Waals surface area contributed by atoms with Crippen LogP contribution >= 0.6 is 23.2 Å². The molecule has 0 aliphatic rings. The van der Waals surface area contributed by atoms with E-state index in [9.17, 15) is 4.79 Å². The number of hydrogen-bond acceptors (Lipinski definition) is 3. The van der Waals surface area contributed by atoms with Crippen molar-refractivity contribution in [2.75, 3.05) is 13.2 Å². The maximum Gasteiger partial charge on any atom is 0.251 e. The van der Waals surface area contributed by atoms with Gasteiger partial charge in [-0.1, -0.05) is 41.4 Å². The molecule has 0 spiro atoms. The van der Waals surface area contributed by atoms with Crippen LogP contribution in [-0.4, -0.2) is 33.7 Å². The van der Waals surface area contributed by atoms with Crippen molar-refractivity contribution in [2.45, 2.75) is 6.54 Å². The number of fused-ring (bicyclic) bond motifs is 1. The molecule has 0 unspecified atom stereocenters. The Balaban J connectivity index is 1.67. The molecule has 2 aromatic carbocycles. The zero-order chi connectivity index (χ0) is 21.1. The van der Waals surface area contributed by atoms with Crippen LogP contribution < -0.4 is 5.32 Å². The fraction of sp³-hybridized carbons (Fsp3) is 0.130. The molecule has 0 aliphatic carbocycles. The number of rotatable bonds is 6. The van der Waals surface area contributed by atoms with Crippen molar-refractivity contribution in [2.24, 2.45) is 0 Å². The number of benzene rings is 2. The molecule has 0 aliphatic heterocycles. The van der Waals surface area contributed by atoms with Crippen LogP contribution in [0.1, 0.15) is 15.9 Å². The van der Waals surface area contributed by atoms with Crippen molar-refractivity contribution < 1.29 is 9.90 Å². The highest BCUT2D eigenvalue weighted by molar-refractivity contribution is 6.35.